The molecule has 2 heteroatoms. The average molecular weight is 325 g/mol. The van der Waals surface area contributed by atoms with Crippen molar-refractivity contribution >= 4 is 0 Å². The van der Waals surface area contributed by atoms with Gasteiger partial charge >= 0.3 is 0 Å². The minimum atomic E-state index is 0.835. The number of rotatable bonds is 5. The Kier molecular flexibility index (Phi) is 13.0. The van der Waals surface area contributed by atoms with E-state index >= 15 is 0 Å². The maximum Gasteiger partial charge on any atom is 0.00922 e. The van der Waals surface area contributed by atoms with Crippen molar-refractivity contribution in [3.05, 3.63) is 0 Å². The maximum atomic E-state index is 2.67. The fourth-order valence-electron chi connectivity index (χ4n) is 3.93. The van der Waals surface area contributed by atoms with E-state index in [1.165, 1.54) is 109 Å². The largest absolute Gasteiger partial charge is 0.309 e. The molecule has 1 aliphatic rings. The van der Waals surface area contributed by atoms with Crippen LogP contribution in [0.2, 0.25) is 0 Å². The highest BCUT2D eigenvalue weighted by Crippen LogP contribution is 2.19. The van der Waals surface area contributed by atoms with Gasteiger partial charge < -0.3 is 9.80 Å². The van der Waals surface area contributed by atoms with Crippen LogP contribution in [0, 0.1) is 0 Å². The van der Waals surface area contributed by atoms with Crippen molar-refractivity contribution in [1.29, 1.82) is 0 Å². The standard InChI is InChI=1S/C21H44N2/c1-22(2)19-16-20-23(3)21-17-14-12-10-8-6-4-5-7-9-11-13-15-18-21/h21H,4-20H2,1-3H3. The molecule has 0 unspecified atom stereocenters. The molecule has 0 aliphatic heterocycles. The van der Waals surface area contributed by atoms with Crippen molar-refractivity contribution < 1.29 is 0 Å². The summed E-state index contributed by atoms with van der Waals surface area (Å²) in [7, 11) is 6.74. The van der Waals surface area contributed by atoms with Gasteiger partial charge in [0, 0.05) is 6.04 Å². The summed E-state index contributed by atoms with van der Waals surface area (Å²) in [4.78, 5) is 4.98. The number of hydrogen-bond donors (Lipinski definition) is 0. The molecule has 0 aromatic heterocycles. The van der Waals surface area contributed by atoms with Crippen LogP contribution >= 0.6 is 0 Å². The van der Waals surface area contributed by atoms with Gasteiger partial charge in [0.1, 0.15) is 0 Å². The Labute approximate surface area is 147 Å². The van der Waals surface area contributed by atoms with Crippen molar-refractivity contribution in [1.82, 2.24) is 9.80 Å². The van der Waals surface area contributed by atoms with E-state index in [1.807, 2.05) is 0 Å². The lowest BCUT2D eigenvalue weighted by molar-refractivity contribution is 0.200. The molecule has 1 rings (SSSR count). The summed E-state index contributed by atoms with van der Waals surface area (Å²) in [6.07, 6.45) is 21.8. The lowest BCUT2D eigenvalue weighted by Gasteiger charge is -2.29. The molecule has 1 aliphatic carbocycles. The van der Waals surface area contributed by atoms with Gasteiger partial charge in [-0.1, -0.05) is 77.0 Å². The van der Waals surface area contributed by atoms with Crippen LogP contribution in [0.3, 0.4) is 0 Å². The summed E-state index contributed by atoms with van der Waals surface area (Å²) in [5, 5.41) is 0. The predicted octanol–water partition coefficient (Wildman–Crippen LogP) is 5.71. The molecular formula is C21H44N2. The molecule has 0 bridgehead atoms. The highest BCUT2D eigenvalue weighted by atomic mass is 15.1. The van der Waals surface area contributed by atoms with Crippen LogP contribution in [0.5, 0.6) is 0 Å². The van der Waals surface area contributed by atoms with E-state index in [0.29, 0.717) is 0 Å². The van der Waals surface area contributed by atoms with Gasteiger partial charge in [0.05, 0.1) is 0 Å². The fourth-order valence-corrected chi connectivity index (χ4v) is 3.93. The molecule has 138 valence electrons. The van der Waals surface area contributed by atoms with Gasteiger partial charge in [-0.25, -0.2) is 0 Å². The molecule has 2 nitrogen and oxygen atoms in total. The molecule has 0 atom stereocenters. The summed E-state index contributed by atoms with van der Waals surface area (Å²) >= 11 is 0. The van der Waals surface area contributed by atoms with Crippen molar-refractivity contribution in [3.8, 4) is 0 Å². The van der Waals surface area contributed by atoms with Gasteiger partial charge in [0.2, 0.25) is 0 Å². The second-order valence-electron chi connectivity index (χ2n) is 8.11. The quantitative estimate of drug-likeness (QED) is 0.638. The molecule has 0 radical (unpaired) electrons. The zero-order valence-corrected chi connectivity index (χ0v) is 16.5. The Hall–Kier alpha value is -0.0800. The van der Waals surface area contributed by atoms with Crippen LogP contribution < -0.4 is 0 Å². The first-order valence-electron chi connectivity index (χ1n) is 10.5. The van der Waals surface area contributed by atoms with E-state index in [2.05, 4.69) is 30.9 Å². The van der Waals surface area contributed by atoms with Crippen LogP contribution in [0.4, 0.5) is 0 Å². The predicted molar refractivity (Wildman–Crippen MR) is 104 cm³/mol. The van der Waals surface area contributed by atoms with Gasteiger partial charge in [-0.3, -0.25) is 0 Å². The molecule has 1 saturated carbocycles. The summed E-state index contributed by atoms with van der Waals surface area (Å²) in [5.74, 6) is 0. The zero-order valence-electron chi connectivity index (χ0n) is 16.5. The summed E-state index contributed by atoms with van der Waals surface area (Å²) in [5.41, 5.74) is 0. The van der Waals surface area contributed by atoms with E-state index in [9.17, 15) is 0 Å². The third-order valence-electron chi connectivity index (χ3n) is 5.56. The van der Waals surface area contributed by atoms with Crippen LogP contribution in [-0.2, 0) is 0 Å². The second-order valence-corrected chi connectivity index (χ2v) is 8.11. The molecule has 0 saturated heterocycles. The minimum absolute atomic E-state index is 0.835. The topological polar surface area (TPSA) is 6.48 Å². The van der Waals surface area contributed by atoms with E-state index in [1.54, 1.807) is 0 Å². The fraction of sp³-hybridized carbons (Fsp3) is 1.00. The van der Waals surface area contributed by atoms with E-state index in [0.717, 1.165) is 6.04 Å². The second kappa shape index (κ2) is 14.3. The molecule has 0 N–H and O–H groups in total. The Balaban J connectivity index is 2.32. The van der Waals surface area contributed by atoms with Crippen LogP contribution in [0.1, 0.15) is 96.3 Å². The van der Waals surface area contributed by atoms with Crippen LogP contribution in [0.25, 0.3) is 0 Å². The van der Waals surface area contributed by atoms with Gasteiger partial charge in [0.15, 0.2) is 0 Å². The molecule has 0 heterocycles. The summed E-state index contributed by atoms with van der Waals surface area (Å²) in [6, 6.07) is 0.835. The maximum absolute atomic E-state index is 2.67. The third kappa shape index (κ3) is 12.0. The Morgan fingerprint density at radius 2 is 0.957 bits per heavy atom. The minimum Gasteiger partial charge on any atom is -0.309 e. The SMILES string of the molecule is CN(C)CCCN(C)C1CCCCCCCCCCCCCC1. The molecular weight excluding hydrogens is 280 g/mol. The first-order chi connectivity index (χ1) is 11.2. The molecule has 23 heavy (non-hydrogen) atoms. The van der Waals surface area contributed by atoms with Gasteiger partial charge in [-0.2, -0.15) is 0 Å². The first kappa shape index (κ1) is 21.0. The third-order valence-corrected chi connectivity index (χ3v) is 5.56. The normalized spacial score (nSPS) is 21.3. The monoisotopic (exact) mass is 324 g/mol. The average Bonchev–Trinajstić information content (AvgIpc) is 2.53. The first-order valence-corrected chi connectivity index (χ1v) is 10.5. The van der Waals surface area contributed by atoms with Gasteiger partial charge in [0.25, 0.3) is 0 Å². The molecule has 0 aromatic carbocycles. The van der Waals surface area contributed by atoms with E-state index in [4.69, 9.17) is 0 Å². The lowest BCUT2D eigenvalue weighted by Crippen LogP contribution is -2.34. The molecule has 0 aromatic rings. The van der Waals surface area contributed by atoms with Crippen molar-refractivity contribution in [3.63, 3.8) is 0 Å². The lowest BCUT2D eigenvalue weighted by atomic mass is 9.99. The van der Waals surface area contributed by atoms with Crippen molar-refractivity contribution in [2.24, 2.45) is 0 Å². The van der Waals surface area contributed by atoms with Crippen molar-refractivity contribution in [2.75, 3.05) is 34.2 Å². The van der Waals surface area contributed by atoms with Gasteiger partial charge in [-0.05, 0) is 53.5 Å². The molecule has 0 spiro atoms. The van der Waals surface area contributed by atoms with E-state index < -0.39 is 0 Å². The van der Waals surface area contributed by atoms with Gasteiger partial charge in [-0.15, -0.1) is 0 Å². The number of hydrogen-bond acceptors (Lipinski definition) is 2. The zero-order chi connectivity index (χ0) is 16.8. The molecule has 1 fully saturated rings. The highest BCUT2D eigenvalue weighted by Gasteiger charge is 2.14. The highest BCUT2D eigenvalue weighted by molar-refractivity contribution is 4.70. The van der Waals surface area contributed by atoms with Crippen LogP contribution in [-0.4, -0.2) is 50.1 Å². The molecule has 0 amide bonds. The Morgan fingerprint density at radius 1 is 0.565 bits per heavy atom. The Bertz CT molecular complexity index is 236. The van der Waals surface area contributed by atoms with E-state index in [-0.39, 0.29) is 0 Å². The number of nitrogens with zero attached hydrogens (tertiary/aromatic N) is 2. The summed E-state index contributed by atoms with van der Waals surface area (Å²) in [6.45, 7) is 2.49. The van der Waals surface area contributed by atoms with Crippen molar-refractivity contribution in [2.45, 2.75) is 102 Å². The summed E-state index contributed by atoms with van der Waals surface area (Å²) < 4.78 is 0. The van der Waals surface area contributed by atoms with Crippen LogP contribution in [0.15, 0.2) is 0 Å². The smallest absolute Gasteiger partial charge is 0.00922 e. The Morgan fingerprint density at radius 3 is 1.35 bits per heavy atom.